The summed E-state index contributed by atoms with van der Waals surface area (Å²) < 4.78 is 15.8. The van der Waals surface area contributed by atoms with Crippen LogP contribution in [0.15, 0.2) is 12.1 Å². The number of nitrogens with zero attached hydrogens (tertiary/aromatic N) is 1. The van der Waals surface area contributed by atoms with Crippen LogP contribution in [0.5, 0.6) is 17.2 Å². The number of anilines is 1. The molecule has 0 atom stereocenters. The maximum Gasteiger partial charge on any atom is 0.203 e. The third-order valence-corrected chi connectivity index (χ3v) is 2.56. The van der Waals surface area contributed by atoms with Gasteiger partial charge in [-0.05, 0) is 6.92 Å². The Morgan fingerprint density at radius 3 is 1.81 bits per heavy atom. The summed E-state index contributed by atoms with van der Waals surface area (Å²) >= 11 is 0. The molecule has 0 aliphatic rings. The van der Waals surface area contributed by atoms with Crippen molar-refractivity contribution >= 4 is 5.69 Å². The van der Waals surface area contributed by atoms with E-state index in [1.165, 1.54) is 0 Å². The minimum absolute atomic E-state index is 0.623. The second kappa shape index (κ2) is 5.49. The molecule has 0 heterocycles. The normalized spacial score (nSPS) is 9.81. The zero-order valence-electron chi connectivity index (χ0n) is 10.5. The molecule has 1 aromatic rings. The van der Waals surface area contributed by atoms with Gasteiger partial charge in [-0.25, -0.2) is 0 Å². The van der Waals surface area contributed by atoms with Gasteiger partial charge in [0.15, 0.2) is 11.5 Å². The van der Waals surface area contributed by atoms with Gasteiger partial charge in [-0.1, -0.05) is 0 Å². The fourth-order valence-electron chi connectivity index (χ4n) is 1.47. The predicted octanol–water partition coefficient (Wildman–Crippen LogP) is 2.17. The van der Waals surface area contributed by atoms with Crippen molar-refractivity contribution in [2.45, 2.75) is 6.92 Å². The predicted molar refractivity (Wildman–Crippen MR) is 65.0 cm³/mol. The minimum Gasteiger partial charge on any atom is -0.493 e. The highest BCUT2D eigenvalue weighted by molar-refractivity contribution is 5.63. The Hall–Kier alpha value is -1.58. The van der Waals surface area contributed by atoms with E-state index in [2.05, 4.69) is 11.8 Å². The molecule has 0 unspecified atom stereocenters. The molecule has 90 valence electrons. The Balaban J connectivity index is 3.25. The first-order chi connectivity index (χ1) is 7.67. The van der Waals surface area contributed by atoms with Gasteiger partial charge >= 0.3 is 0 Å². The molecule has 4 nitrogen and oxygen atoms in total. The molecule has 1 aromatic carbocycles. The fourth-order valence-corrected chi connectivity index (χ4v) is 1.47. The maximum atomic E-state index is 5.28. The molecule has 0 aromatic heterocycles. The van der Waals surface area contributed by atoms with Crippen LogP contribution in [0, 0.1) is 0 Å². The van der Waals surface area contributed by atoms with Crippen LogP contribution in [-0.4, -0.2) is 34.9 Å². The molecule has 0 radical (unpaired) electrons. The van der Waals surface area contributed by atoms with Crippen LogP contribution >= 0.6 is 0 Å². The molecule has 0 fully saturated rings. The summed E-state index contributed by atoms with van der Waals surface area (Å²) in [5.41, 5.74) is 1.04. The highest BCUT2D eigenvalue weighted by Gasteiger charge is 2.14. The average Bonchev–Trinajstić information content (AvgIpc) is 2.35. The van der Waals surface area contributed by atoms with Gasteiger partial charge in [0.2, 0.25) is 5.75 Å². The number of ether oxygens (including phenoxy) is 3. The number of benzene rings is 1. The topological polar surface area (TPSA) is 30.9 Å². The lowest BCUT2D eigenvalue weighted by molar-refractivity contribution is 0.324. The molecule has 4 heteroatoms. The number of hydrogen-bond donors (Lipinski definition) is 0. The van der Waals surface area contributed by atoms with E-state index in [-0.39, 0.29) is 0 Å². The van der Waals surface area contributed by atoms with Crippen LogP contribution in [-0.2, 0) is 0 Å². The molecule has 0 N–H and O–H groups in total. The number of methoxy groups -OCH3 is 3. The Kier molecular flexibility index (Phi) is 4.28. The Bertz CT molecular complexity index is 327. The Morgan fingerprint density at radius 1 is 1.00 bits per heavy atom. The van der Waals surface area contributed by atoms with Gasteiger partial charge < -0.3 is 19.1 Å². The lowest BCUT2D eigenvalue weighted by atomic mass is 10.2. The van der Waals surface area contributed by atoms with Crippen molar-refractivity contribution in [2.24, 2.45) is 0 Å². The van der Waals surface area contributed by atoms with Gasteiger partial charge in [0.1, 0.15) is 0 Å². The Morgan fingerprint density at radius 2 is 1.50 bits per heavy atom. The summed E-state index contributed by atoms with van der Waals surface area (Å²) in [4.78, 5) is 2.10. The highest BCUT2D eigenvalue weighted by Crippen LogP contribution is 2.40. The van der Waals surface area contributed by atoms with Crippen LogP contribution in [0.4, 0.5) is 5.69 Å². The molecule has 0 bridgehead atoms. The van der Waals surface area contributed by atoms with Crippen LogP contribution in [0.3, 0.4) is 0 Å². The van der Waals surface area contributed by atoms with Crippen molar-refractivity contribution in [3.8, 4) is 17.2 Å². The van der Waals surface area contributed by atoms with Crippen LogP contribution in [0.2, 0.25) is 0 Å². The monoisotopic (exact) mass is 225 g/mol. The van der Waals surface area contributed by atoms with Gasteiger partial charge in [-0.2, -0.15) is 0 Å². The summed E-state index contributed by atoms with van der Waals surface area (Å²) in [5.74, 6) is 1.98. The van der Waals surface area contributed by atoms with Gasteiger partial charge in [-0.15, -0.1) is 0 Å². The molecule has 0 aliphatic carbocycles. The number of hydrogen-bond acceptors (Lipinski definition) is 4. The Labute approximate surface area is 96.7 Å². The molecule has 0 amide bonds. The lowest BCUT2D eigenvalue weighted by Crippen LogP contribution is -2.15. The first-order valence-electron chi connectivity index (χ1n) is 5.19. The van der Waals surface area contributed by atoms with Gasteiger partial charge in [0.05, 0.1) is 21.3 Å². The third kappa shape index (κ3) is 2.32. The summed E-state index contributed by atoms with van der Waals surface area (Å²) in [6.07, 6.45) is 0. The van der Waals surface area contributed by atoms with Crippen molar-refractivity contribution in [2.75, 3.05) is 39.8 Å². The fraction of sp³-hybridized carbons (Fsp3) is 0.500. The van der Waals surface area contributed by atoms with Gasteiger partial charge in [-0.3, -0.25) is 0 Å². The molecular weight excluding hydrogens is 206 g/mol. The van der Waals surface area contributed by atoms with E-state index in [1.54, 1.807) is 21.3 Å². The van der Waals surface area contributed by atoms with E-state index >= 15 is 0 Å². The number of rotatable bonds is 5. The standard InChI is InChI=1S/C12H19NO3/c1-6-13(2)9-7-10(14-3)12(16-5)11(8-9)15-4/h7-8H,6H2,1-5H3. The van der Waals surface area contributed by atoms with E-state index in [0.717, 1.165) is 12.2 Å². The van der Waals surface area contributed by atoms with Crippen molar-refractivity contribution in [3.05, 3.63) is 12.1 Å². The molecule has 0 aliphatic heterocycles. The second-order valence-electron chi connectivity index (χ2n) is 3.40. The summed E-state index contributed by atoms with van der Waals surface area (Å²) in [6, 6.07) is 3.87. The first kappa shape index (κ1) is 12.5. The largest absolute Gasteiger partial charge is 0.493 e. The van der Waals surface area contributed by atoms with Gasteiger partial charge in [0, 0.05) is 31.4 Å². The van der Waals surface area contributed by atoms with Crippen LogP contribution in [0.1, 0.15) is 6.92 Å². The van der Waals surface area contributed by atoms with Crippen molar-refractivity contribution in [1.82, 2.24) is 0 Å². The van der Waals surface area contributed by atoms with Crippen molar-refractivity contribution in [1.29, 1.82) is 0 Å². The van der Waals surface area contributed by atoms with Crippen molar-refractivity contribution < 1.29 is 14.2 Å². The zero-order valence-corrected chi connectivity index (χ0v) is 10.5. The summed E-state index contributed by atoms with van der Waals surface area (Å²) in [7, 11) is 6.85. The summed E-state index contributed by atoms with van der Waals surface area (Å²) in [6.45, 7) is 3.00. The quantitative estimate of drug-likeness (QED) is 0.768. The van der Waals surface area contributed by atoms with E-state index in [1.807, 2.05) is 19.2 Å². The zero-order chi connectivity index (χ0) is 12.1. The molecule has 16 heavy (non-hydrogen) atoms. The summed E-state index contributed by atoms with van der Waals surface area (Å²) in [5, 5.41) is 0. The molecule has 0 spiro atoms. The smallest absolute Gasteiger partial charge is 0.203 e. The van der Waals surface area contributed by atoms with Crippen LogP contribution < -0.4 is 19.1 Å². The molecule has 0 saturated heterocycles. The van der Waals surface area contributed by atoms with E-state index in [0.29, 0.717) is 17.2 Å². The van der Waals surface area contributed by atoms with E-state index < -0.39 is 0 Å². The molecule has 0 saturated carbocycles. The molecule has 1 rings (SSSR count). The SMILES string of the molecule is CCN(C)c1cc(OC)c(OC)c(OC)c1. The molecular formula is C12H19NO3. The van der Waals surface area contributed by atoms with Crippen molar-refractivity contribution in [3.63, 3.8) is 0 Å². The average molecular weight is 225 g/mol. The maximum absolute atomic E-state index is 5.28. The van der Waals surface area contributed by atoms with Crippen LogP contribution in [0.25, 0.3) is 0 Å². The first-order valence-corrected chi connectivity index (χ1v) is 5.19. The van der Waals surface area contributed by atoms with Gasteiger partial charge in [0.25, 0.3) is 0 Å². The third-order valence-electron chi connectivity index (χ3n) is 2.56. The highest BCUT2D eigenvalue weighted by atomic mass is 16.5. The van der Waals surface area contributed by atoms with E-state index in [9.17, 15) is 0 Å². The lowest BCUT2D eigenvalue weighted by Gasteiger charge is -2.20. The minimum atomic E-state index is 0.623. The second-order valence-corrected chi connectivity index (χ2v) is 3.40. The van der Waals surface area contributed by atoms with E-state index in [4.69, 9.17) is 14.2 Å².